The molecule has 0 rings (SSSR count). The highest BCUT2D eigenvalue weighted by Crippen LogP contribution is 2.19. The SMILES string of the molecule is CCCNC(=O)CCNC(=NCC(O)(CCC)CCC)NCC. The molecule has 1 amide bonds. The lowest BCUT2D eigenvalue weighted by atomic mass is 9.93. The van der Waals surface area contributed by atoms with Gasteiger partial charge < -0.3 is 21.1 Å². The van der Waals surface area contributed by atoms with Crippen molar-refractivity contribution in [2.24, 2.45) is 4.99 Å². The standard InChI is InChI=1S/C17H36N4O2/c1-5-10-17(23,11-6-2)14-21-16(18-8-4)20-13-9-15(22)19-12-7-3/h23H,5-14H2,1-4H3,(H,19,22)(H2,18,20,21). The number of guanidine groups is 1. The van der Waals surface area contributed by atoms with Crippen LogP contribution in [0.5, 0.6) is 0 Å². The summed E-state index contributed by atoms with van der Waals surface area (Å²) in [7, 11) is 0. The highest BCUT2D eigenvalue weighted by atomic mass is 16.3. The van der Waals surface area contributed by atoms with Gasteiger partial charge in [-0.2, -0.15) is 0 Å². The number of carbonyl (C=O) groups excluding carboxylic acids is 1. The summed E-state index contributed by atoms with van der Waals surface area (Å²) in [5, 5.41) is 19.8. The van der Waals surface area contributed by atoms with E-state index < -0.39 is 5.60 Å². The second kappa shape index (κ2) is 13.2. The van der Waals surface area contributed by atoms with Gasteiger partial charge >= 0.3 is 0 Å². The van der Waals surface area contributed by atoms with Gasteiger partial charge in [0.25, 0.3) is 0 Å². The molecule has 0 bridgehead atoms. The molecule has 0 aliphatic rings. The molecule has 0 fully saturated rings. The Morgan fingerprint density at radius 3 is 2.13 bits per heavy atom. The maximum atomic E-state index is 11.6. The van der Waals surface area contributed by atoms with Crippen LogP contribution in [0.15, 0.2) is 4.99 Å². The lowest BCUT2D eigenvalue weighted by Gasteiger charge is -2.26. The van der Waals surface area contributed by atoms with E-state index in [1.54, 1.807) is 0 Å². The van der Waals surface area contributed by atoms with E-state index in [0.717, 1.165) is 38.6 Å². The third-order valence-electron chi connectivity index (χ3n) is 3.52. The molecular formula is C17H36N4O2. The molecule has 0 heterocycles. The van der Waals surface area contributed by atoms with Gasteiger partial charge in [-0.1, -0.05) is 33.6 Å². The summed E-state index contributed by atoms with van der Waals surface area (Å²) in [6.45, 7) is 10.5. The van der Waals surface area contributed by atoms with Gasteiger partial charge in [-0.15, -0.1) is 0 Å². The van der Waals surface area contributed by atoms with Crippen LogP contribution in [-0.4, -0.2) is 48.8 Å². The van der Waals surface area contributed by atoms with Crippen LogP contribution in [0.2, 0.25) is 0 Å². The lowest BCUT2D eigenvalue weighted by molar-refractivity contribution is -0.120. The Balaban J connectivity index is 4.43. The molecule has 0 saturated carbocycles. The van der Waals surface area contributed by atoms with Crippen molar-refractivity contribution in [3.63, 3.8) is 0 Å². The molecule has 0 aromatic heterocycles. The van der Waals surface area contributed by atoms with Crippen LogP contribution in [0.25, 0.3) is 0 Å². The molecule has 0 aliphatic carbocycles. The molecule has 0 aromatic rings. The van der Waals surface area contributed by atoms with Crippen molar-refractivity contribution in [1.29, 1.82) is 0 Å². The summed E-state index contributed by atoms with van der Waals surface area (Å²) in [6, 6.07) is 0. The van der Waals surface area contributed by atoms with E-state index in [0.29, 0.717) is 32.0 Å². The number of amides is 1. The Bertz CT molecular complexity index is 339. The first-order chi connectivity index (χ1) is 11.0. The molecule has 0 saturated heterocycles. The number of carbonyl (C=O) groups is 1. The average Bonchev–Trinajstić information content (AvgIpc) is 2.51. The van der Waals surface area contributed by atoms with Crippen LogP contribution in [-0.2, 0) is 4.79 Å². The third kappa shape index (κ3) is 11.0. The van der Waals surface area contributed by atoms with Gasteiger partial charge in [0.2, 0.25) is 5.91 Å². The van der Waals surface area contributed by atoms with Crippen LogP contribution >= 0.6 is 0 Å². The summed E-state index contributed by atoms with van der Waals surface area (Å²) in [5.74, 6) is 0.699. The molecule has 136 valence electrons. The van der Waals surface area contributed by atoms with Gasteiger partial charge in [-0.25, -0.2) is 0 Å². The topological polar surface area (TPSA) is 85.8 Å². The molecule has 0 aromatic carbocycles. The van der Waals surface area contributed by atoms with Crippen LogP contribution in [0, 0.1) is 0 Å². The molecule has 0 atom stereocenters. The summed E-state index contributed by atoms with van der Waals surface area (Å²) < 4.78 is 0. The van der Waals surface area contributed by atoms with Gasteiger partial charge in [0.05, 0.1) is 12.1 Å². The van der Waals surface area contributed by atoms with E-state index >= 15 is 0 Å². The van der Waals surface area contributed by atoms with Crippen LogP contribution in [0.3, 0.4) is 0 Å². The lowest BCUT2D eigenvalue weighted by Crippen LogP contribution is -2.41. The molecule has 6 heteroatoms. The van der Waals surface area contributed by atoms with Gasteiger partial charge in [-0.3, -0.25) is 9.79 Å². The van der Waals surface area contributed by atoms with Gasteiger partial charge in [0.15, 0.2) is 5.96 Å². The normalized spacial score (nSPS) is 12.1. The van der Waals surface area contributed by atoms with E-state index in [1.165, 1.54) is 0 Å². The third-order valence-corrected chi connectivity index (χ3v) is 3.52. The summed E-state index contributed by atoms with van der Waals surface area (Å²) >= 11 is 0. The van der Waals surface area contributed by atoms with Crippen LogP contribution in [0.4, 0.5) is 0 Å². The number of aliphatic imine (C=N–C) groups is 1. The van der Waals surface area contributed by atoms with Crippen molar-refractivity contribution in [1.82, 2.24) is 16.0 Å². The Labute approximate surface area is 141 Å². The highest BCUT2D eigenvalue weighted by Gasteiger charge is 2.24. The van der Waals surface area contributed by atoms with Gasteiger partial charge in [-0.05, 0) is 26.2 Å². The fraction of sp³-hybridized carbons (Fsp3) is 0.882. The van der Waals surface area contributed by atoms with Gasteiger partial charge in [0.1, 0.15) is 0 Å². The first kappa shape index (κ1) is 21.7. The fourth-order valence-corrected chi connectivity index (χ4v) is 2.43. The minimum absolute atomic E-state index is 0.0451. The van der Waals surface area contributed by atoms with Crippen LogP contribution in [0.1, 0.15) is 66.2 Å². The zero-order chi connectivity index (χ0) is 17.6. The summed E-state index contributed by atoms with van der Waals surface area (Å²) in [4.78, 5) is 16.1. The summed E-state index contributed by atoms with van der Waals surface area (Å²) in [6.07, 6.45) is 4.74. The first-order valence-corrected chi connectivity index (χ1v) is 9.02. The summed E-state index contributed by atoms with van der Waals surface area (Å²) in [5.41, 5.74) is -0.732. The molecule has 0 aliphatic heterocycles. The number of rotatable bonds is 12. The van der Waals surface area contributed by atoms with Crippen molar-refractivity contribution in [3.05, 3.63) is 0 Å². The monoisotopic (exact) mass is 328 g/mol. The van der Waals surface area contributed by atoms with E-state index in [9.17, 15) is 9.90 Å². The van der Waals surface area contributed by atoms with Crippen molar-refractivity contribution in [2.75, 3.05) is 26.2 Å². The van der Waals surface area contributed by atoms with E-state index in [4.69, 9.17) is 0 Å². The first-order valence-electron chi connectivity index (χ1n) is 9.02. The maximum absolute atomic E-state index is 11.6. The number of nitrogens with one attached hydrogen (secondary N) is 3. The quantitative estimate of drug-likeness (QED) is 0.325. The fourth-order valence-electron chi connectivity index (χ4n) is 2.43. The molecule has 0 radical (unpaired) electrons. The molecule has 0 unspecified atom stereocenters. The van der Waals surface area contributed by atoms with E-state index in [-0.39, 0.29) is 5.91 Å². The molecular weight excluding hydrogens is 292 g/mol. The van der Waals surface area contributed by atoms with Crippen molar-refractivity contribution >= 4 is 11.9 Å². The zero-order valence-corrected chi connectivity index (χ0v) is 15.4. The van der Waals surface area contributed by atoms with Crippen LogP contribution < -0.4 is 16.0 Å². The smallest absolute Gasteiger partial charge is 0.221 e. The highest BCUT2D eigenvalue weighted by molar-refractivity contribution is 5.81. The van der Waals surface area contributed by atoms with Crippen molar-refractivity contribution in [3.8, 4) is 0 Å². The average molecular weight is 329 g/mol. The predicted octanol–water partition coefficient (Wildman–Crippen LogP) is 1.79. The van der Waals surface area contributed by atoms with E-state index in [1.807, 2.05) is 13.8 Å². The van der Waals surface area contributed by atoms with Crippen molar-refractivity contribution < 1.29 is 9.90 Å². The maximum Gasteiger partial charge on any atom is 0.221 e. The molecule has 6 nitrogen and oxygen atoms in total. The van der Waals surface area contributed by atoms with E-state index in [2.05, 4.69) is 34.8 Å². The largest absolute Gasteiger partial charge is 0.388 e. The molecule has 0 spiro atoms. The Kier molecular flexibility index (Phi) is 12.4. The predicted molar refractivity (Wildman–Crippen MR) is 96.7 cm³/mol. The number of hydrogen-bond donors (Lipinski definition) is 4. The minimum atomic E-state index is -0.732. The molecule has 23 heavy (non-hydrogen) atoms. The second-order valence-electron chi connectivity index (χ2n) is 5.95. The van der Waals surface area contributed by atoms with Gasteiger partial charge in [0, 0.05) is 26.1 Å². The Morgan fingerprint density at radius 2 is 1.61 bits per heavy atom. The minimum Gasteiger partial charge on any atom is -0.388 e. The Morgan fingerprint density at radius 1 is 0.957 bits per heavy atom. The Hall–Kier alpha value is -1.30. The number of aliphatic hydroxyl groups is 1. The van der Waals surface area contributed by atoms with Crippen molar-refractivity contribution in [2.45, 2.75) is 71.8 Å². The number of nitrogens with zero attached hydrogens (tertiary/aromatic N) is 1. The zero-order valence-electron chi connectivity index (χ0n) is 15.4. The molecule has 4 N–H and O–H groups in total. The number of hydrogen-bond acceptors (Lipinski definition) is 3. The second-order valence-corrected chi connectivity index (χ2v) is 5.95.